The Kier molecular flexibility index (Phi) is 244. The van der Waals surface area contributed by atoms with Gasteiger partial charge in [0.2, 0.25) is 0 Å². The Labute approximate surface area is 95.5 Å². The number of rotatable bonds is 0. The van der Waals surface area contributed by atoms with E-state index in [4.69, 9.17) is 0 Å². The minimum Gasteiger partial charge on any atom is -0.0683 e. The molecule has 0 aromatic rings. The van der Waals surface area contributed by atoms with Crippen molar-refractivity contribution < 1.29 is 0 Å². The third-order valence-electron chi connectivity index (χ3n) is 0.354. The van der Waals surface area contributed by atoms with Gasteiger partial charge in [-0.15, -0.1) is 0 Å². The Morgan fingerprint density at radius 3 is 0.571 bits per heavy atom. The Morgan fingerprint density at radius 2 is 0.571 bits per heavy atom. The van der Waals surface area contributed by atoms with Crippen LogP contribution in [-0.2, 0) is 0 Å². The van der Waals surface area contributed by atoms with E-state index in [9.17, 15) is 0 Å². The van der Waals surface area contributed by atoms with Crippen LogP contribution < -0.4 is 0 Å². The molecule has 0 amide bonds. The van der Waals surface area contributed by atoms with E-state index in [1.54, 1.807) is 0 Å². The van der Waals surface area contributed by atoms with Crippen molar-refractivity contribution in [3.63, 3.8) is 0 Å². The molecule has 0 aromatic carbocycles. The molecule has 14 heavy (non-hydrogen) atoms. The number of hydrogen-bond donors (Lipinski definition) is 0. The van der Waals surface area contributed by atoms with Crippen LogP contribution in [0.1, 0.15) is 94.9 Å². The maximum Gasteiger partial charge on any atom is -0.0533 e. The predicted molar refractivity (Wildman–Crippen MR) is 75.2 cm³/mol. The molecule has 0 unspecified atom stereocenters. The lowest BCUT2D eigenvalue weighted by atomic mass is 10.6. The van der Waals surface area contributed by atoms with Gasteiger partial charge in [0.1, 0.15) is 0 Å². The second-order valence-corrected chi connectivity index (χ2v) is 1.77. The van der Waals surface area contributed by atoms with Gasteiger partial charge in [0.15, 0.2) is 0 Å². The van der Waals surface area contributed by atoms with Crippen molar-refractivity contribution >= 4 is 0 Å². The van der Waals surface area contributed by atoms with Crippen LogP contribution in [0.5, 0.6) is 0 Å². The zero-order chi connectivity index (χ0) is 12.8. The summed E-state index contributed by atoms with van der Waals surface area (Å²) in [5, 5.41) is 0. The summed E-state index contributed by atoms with van der Waals surface area (Å²) < 4.78 is 0. The lowest BCUT2D eigenvalue weighted by Crippen LogP contribution is -1.27. The Morgan fingerprint density at radius 1 is 0.500 bits per heavy atom. The van der Waals surface area contributed by atoms with Gasteiger partial charge in [0, 0.05) is 0 Å². The van der Waals surface area contributed by atoms with Crippen LogP contribution in [0, 0.1) is 0 Å². The predicted octanol–water partition coefficient (Wildman–Crippen LogP) is 6.69. The maximum absolute atomic E-state index is 2.12. The van der Waals surface area contributed by atoms with Crippen molar-refractivity contribution in [1.29, 1.82) is 0 Å². The van der Waals surface area contributed by atoms with Gasteiger partial charge in [0.05, 0.1) is 0 Å². The summed E-state index contributed by atoms with van der Waals surface area (Å²) in [4.78, 5) is 0. The highest BCUT2D eigenvalue weighted by Crippen LogP contribution is 2.14. The van der Waals surface area contributed by atoms with Crippen LogP contribution >= 0.6 is 0 Å². The van der Waals surface area contributed by atoms with Crippen molar-refractivity contribution in [2.75, 3.05) is 0 Å². The van der Waals surface area contributed by atoms with Gasteiger partial charge < -0.3 is 0 Å². The van der Waals surface area contributed by atoms with Gasteiger partial charge in [-0.2, -0.15) is 0 Å². The van der Waals surface area contributed by atoms with Gasteiger partial charge in [-0.05, 0) is 0 Å². The van der Waals surface area contributed by atoms with Gasteiger partial charge >= 0.3 is 0 Å². The Balaban J connectivity index is -0.0000000236. The van der Waals surface area contributed by atoms with E-state index < -0.39 is 0 Å². The van der Waals surface area contributed by atoms with E-state index >= 15 is 0 Å². The van der Waals surface area contributed by atoms with Crippen LogP contribution in [0.15, 0.2) is 0 Å². The summed E-state index contributed by atoms with van der Waals surface area (Å²) in [6, 6.07) is 0. The molecule has 0 aromatic heterocycles. The average Bonchev–Trinajstić information content (AvgIpc) is 3.17. The van der Waals surface area contributed by atoms with Crippen molar-refractivity contribution in [2.24, 2.45) is 0 Å². The molecule has 1 aliphatic carbocycles. The molecule has 0 aliphatic heterocycles. The van der Waals surface area contributed by atoms with E-state index in [0.717, 1.165) is 0 Å². The first-order valence-corrected chi connectivity index (χ1v) is 6.91. The molecular formula is C14H38. The first-order valence-electron chi connectivity index (χ1n) is 6.91. The number of hydrogen-bond acceptors (Lipinski definition) is 0. The maximum atomic E-state index is 2.12. The molecule has 0 spiro atoms. The van der Waals surface area contributed by atoms with Gasteiger partial charge in [-0.25, -0.2) is 0 Å². The zero-order valence-corrected chi connectivity index (χ0v) is 12.8. The van der Waals surface area contributed by atoms with Gasteiger partial charge in [-0.1, -0.05) is 94.9 Å². The highest BCUT2D eigenvalue weighted by Gasteiger charge is 1.95. The molecule has 0 nitrogen and oxygen atoms in total. The first-order chi connectivity index (χ1) is 6.91. The Hall–Kier alpha value is 0. The minimum atomic E-state index is 1.25. The fraction of sp³-hybridized carbons (Fsp3) is 1.00. The van der Waals surface area contributed by atoms with Crippen molar-refractivity contribution in [2.45, 2.75) is 94.9 Å². The molecule has 1 fully saturated rings. The fourth-order valence-electron chi connectivity index (χ4n) is 0. The molecule has 94 valence electrons. The van der Waals surface area contributed by atoms with Gasteiger partial charge in [0.25, 0.3) is 0 Å². The highest BCUT2D eigenvalue weighted by molar-refractivity contribution is 4.50. The molecule has 1 rings (SSSR count). The van der Waals surface area contributed by atoms with Crippen molar-refractivity contribution in [3.8, 4) is 0 Å². The topological polar surface area (TPSA) is 0 Å². The average molecular weight is 206 g/mol. The molecule has 0 radical (unpaired) electrons. The first kappa shape index (κ1) is 29.2. The van der Waals surface area contributed by atoms with E-state index in [-0.39, 0.29) is 0 Å². The summed E-state index contributed by atoms with van der Waals surface area (Å²) in [7, 11) is 0. The molecule has 0 atom stereocenters. The van der Waals surface area contributed by atoms with Crippen LogP contribution in [0.2, 0.25) is 0 Å². The van der Waals surface area contributed by atoms with Crippen LogP contribution in [0.25, 0.3) is 0 Å². The summed E-state index contributed by atoms with van der Waals surface area (Å²) >= 11 is 0. The van der Waals surface area contributed by atoms with Crippen LogP contribution in [0.4, 0.5) is 0 Å². The monoisotopic (exact) mass is 206 g/mol. The molecular weight excluding hydrogens is 168 g/mol. The largest absolute Gasteiger partial charge is 0.0683 e. The van der Waals surface area contributed by atoms with E-state index in [2.05, 4.69) is 13.8 Å². The molecule has 1 saturated carbocycles. The third-order valence-corrected chi connectivity index (χ3v) is 0.354. The second kappa shape index (κ2) is 117. The minimum absolute atomic E-state index is 1.25. The lowest BCUT2D eigenvalue weighted by molar-refractivity contribution is 1.09. The second-order valence-electron chi connectivity index (χ2n) is 1.77. The lowest BCUT2D eigenvalue weighted by Gasteiger charge is -1.48. The molecule has 1 aliphatic rings. The normalized spacial score (nSPS) is 8.14. The van der Waals surface area contributed by atoms with E-state index in [0.29, 0.717) is 0 Å². The fourth-order valence-corrected chi connectivity index (χ4v) is 0. The van der Waals surface area contributed by atoms with E-state index in [1.807, 2.05) is 55.4 Å². The third kappa shape index (κ3) is 1450. The molecule has 0 heteroatoms. The standard InChI is InChI=1S/C3H6.C3H8.4C2H6/c1-2-3-1;1-3-2;4*1-2/h1-3H2;3H2,1-2H3;4*1-2H3. The van der Waals surface area contributed by atoms with Crippen molar-refractivity contribution in [3.05, 3.63) is 0 Å². The molecule has 0 heterocycles. The molecule has 0 bridgehead atoms. The van der Waals surface area contributed by atoms with Crippen LogP contribution in [-0.4, -0.2) is 0 Å². The van der Waals surface area contributed by atoms with E-state index in [1.165, 1.54) is 25.7 Å². The molecule has 0 saturated heterocycles. The summed E-state index contributed by atoms with van der Waals surface area (Å²) in [6.07, 6.45) is 5.75. The van der Waals surface area contributed by atoms with Crippen LogP contribution in [0.3, 0.4) is 0 Å². The van der Waals surface area contributed by atoms with Crippen molar-refractivity contribution in [1.82, 2.24) is 0 Å². The quantitative estimate of drug-likeness (QED) is 0.414. The molecule has 0 N–H and O–H groups in total. The zero-order valence-electron chi connectivity index (χ0n) is 12.8. The summed E-state index contributed by atoms with van der Waals surface area (Å²) in [5.74, 6) is 0. The smallest absolute Gasteiger partial charge is 0.0533 e. The SMILES string of the molecule is C1CC1.CC.CC.CC.CC.CCC. The Bertz CT molecular complexity index is 11.2. The summed E-state index contributed by atoms with van der Waals surface area (Å²) in [6.45, 7) is 20.2. The van der Waals surface area contributed by atoms with Gasteiger partial charge in [-0.3, -0.25) is 0 Å². The highest BCUT2D eigenvalue weighted by atomic mass is 14.0. The summed E-state index contributed by atoms with van der Waals surface area (Å²) in [5.41, 5.74) is 0.